The number of fused-ring (bicyclic) bond motifs is 1. The van der Waals surface area contributed by atoms with Crippen LogP contribution in [-0.4, -0.2) is 86.3 Å². The Morgan fingerprint density at radius 1 is 0.935 bits per heavy atom. The summed E-state index contributed by atoms with van der Waals surface area (Å²) in [5.74, 6) is 1.39. The minimum absolute atomic E-state index is 0.0303. The quantitative estimate of drug-likeness (QED) is 0.661. The summed E-state index contributed by atoms with van der Waals surface area (Å²) in [6.07, 6.45) is 10.4. The fraction of sp³-hybridized carbons (Fsp3) is 0.958. The molecule has 7 nitrogen and oxygen atoms in total. The standard InChI is InChI=1S/C24H42N2O5/c27-20-15-26(14-19-8-10-29-11-9-19)22-7-6-21(31-23(22)17-30-16-20)12-24(28)25-13-18-4-2-1-3-5-18/h18-23,27H,1-17H2,(H,25,28)/t20-,21-,22+,23-/m0/s1. The SMILES string of the molecule is O=C(C[C@@H]1CC[C@@H]2[C@H](COC[C@@H](O)CN2CC2CCOCC2)O1)NCC1CCCCC1. The Morgan fingerprint density at radius 3 is 2.55 bits per heavy atom. The number of carbonyl (C=O) groups excluding carboxylic acids is 1. The number of nitrogens with one attached hydrogen (secondary N) is 1. The normalized spacial score (nSPS) is 34.5. The molecule has 3 saturated heterocycles. The maximum absolute atomic E-state index is 12.5. The molecule has 4 atom stereocenters. The number of aliphatic hydroxyl groups excluding tert-OH is 1. The summed E-state index contributed by atoms with van der Waals surface area (Å²) in [5.41, 5.74) is 0. The van der Waals surface area contributed by atoms with Gasteiger partial charge in [-0.05, 0) is 50.4 Å². The van der Waals surface area contributed by atoms with Gasteiger partial charge in [0.05, 0.1) is 37.9 Å². The molecule has 1 aliphatic carbocycles. The molecule has 7 heteroatoms. The molecule has 2 N–H and O–H groups in total. The highest BCUT2D eigenvalue weighted by Gasteiger charge is 2.38. The van der Waals surface area contributed by atoms with E-state index in [-0.39, 0.29) is 24.2 Å². The lowest BCUT2D eigenvalue weighted by Crippen LogP contribution is -2.57. The van der Waals surface area contributed by atoms with Crippen molar-refractivity contribution in [3.05, 3.63) is 0 Å². The van der Waals surface area contributed by atoms with Crippen LogP contribution >= 0.6 is 0 Å². The molecule has 3 heterocycles. The molecule has 0 radical (unpaired) electrons. The first-order valence-corrected chi connectivity index (χ1v) is 12.7. The van der Waals surface area contributed by atoms with E-state index in [2.05, 4.69) is 10.2 Å². The van der Waals surface area contributed by atoms with Gasteiger partial charge in [-0.1, -0.05) is 19.3 Å². The van der Waals surface area contributed by atoms with Crippen LogP contribution in [0.1, 0.15) is 64.2 Å². The predicted octanol–water partition coefficient (Wildman–Crippen LogP) is 2.11. The van der Waals surface area contributed by atoms with Gasteiger partial charge in [0.1, 0.15) is 0 Å². The number of β-amino-alcohol motifs (C(OH)–C–C–N with tert-alkyl or cyclic N) is 1. The van der Waals surface area contributed by atoms with Crippen LogP contribution in [0.25, 0.3) is 0 Å². The highest BCUT2D eigenvalue weighted by atomic mass is 16.5. The van der Waals surface area contributed by atoms with E-state index in [0.717, 1.165) is 52.0 Å². The first-order chi connectivity index (χ1) is 15.2. The van der Waals surface area contributed by atoms with Crippen LogP contribution in [0.5, 0.6) is 0 Å². The molecule has 1 amide bonds. The molecule has 4 fully saturated rings. The van der Waals surface area contributed by atoms with Crippen LogP contribution in [0.2, 0.25) is 0 Å². The van der Waals surface area contributed by atoms with Crippen molar-refractivity contribution in [2.24, 2.45) is 11.8 Å². The van der Waals surface area contributed by atoms with Gasteiger partial charge in [0.25, 0.3) is 0 Å². The van der Waals surface area contributed by atoms with E-state index in [4.69, 9.17) is 14.2 Å². The summed E-state index contributed by atoms with van der Waals surface area (Å²) in [6, 6.07) is 0.249. The molecular weight excluding hydrogens is 396 g/mol. The third-order valence-corrected chi connectivity index (χ3v) is 7.65. The maximum atomic E-state index is 12.5. The summed E-state index contributed by atoms with van der Waals surface area (Å²) in [4.78, 5) is 15.0. The average molecular weight is 439 g/mol. The van der Waals surface area contributed by atoms with E-state index in [1.54, 1.807) is 0 Å². The van der Waals surface area contributed by atoms with Crippen molar-refractivity contribution in [2.75, 3.05) is 46.1 Å². The molecule has 4 rings (SSSR count). The predicted molar refractivity (Wildman–Crippen MR) is 118 cm³/mol. The molecular formula is C24H42N2O5. The topological polar surface area (TPSA) is 80.3 Å². The third kappa shape index (κ3) is 7.13. The Hall–Kier alpha value is -0.730. The number of hydrogen-bond acceptors (Lipinski definition) is 6. The highest BCUT2D eigenvalue weighted by molar-refractivity contribution is 5.76. The smallest absolute Gasteiger partial charge is 0.222 e. The van der Waals surface area contributed by atoms with Crippen molar-refractivity contribution in [1.29, 1.82) is 0 Å². The van der Waals surface area contributed by atoms with E-state index < -0.39 is 6.10 Å². The Bertz CT molecular complexity index is 550. The Kier molecular flexibility index (Phi) is 9.02. The fourth-order valence-electron chi connectivity index (χ4n) is 5.84. The molecule has 0 bridgehead atoms. The minimum atomic E-state index is -0.455. The lowest BCUT2D eigenvalue weighted by Gasteiger charge is -2.45. The van der Waals surface area contributed by atoms with Gasteiger partial charge < -0.3 is 24.6 Å². The first-order valence-electron chi connectivity index (χ1n) is 12.7. The number of carbonyl (C=O) groups is 1. The van der Waals surface area contributed by atoms with Gasteiger partial charge in [0.15, 0.2) is 0 Å². The molecule has 0 spiro atoms. The van der Waals surface area contributed by atoms with Gasteiger partial charge in [-0.25, -0.2) is 0 Å². The van der Waals surface area contributed by atoms with Crippen LogP contribution in [0.4, 0.5) is 0 Å². The zero-order valence-electron chi connectivity index (χ0n) is 19.0. The van der Waals surface area contributed by atoms with Gasteiger partial charge in [0.2, 0.25) is 5.91 Å². The third-order valence-electron chi connectivity index (χ3n) is 7.65. The van der Waals surface area contributed by atoms with E-state index in [1.165, 1.54) is 32.1 Å². The van der Waals surface area contributed by atoms with Gasteiger partial charge in [-0.15, -0.1) is 0 Å². The molecule has 31 heavy (non-hydrogen) atoms. The van der Waals surface area contributed by atoms with Crippen molar-refractivity contribution >= 4 is 5.91 Å². The second kappa shape index (κ2) is 11.9. The Labute approximate surface area is 187 Å². The maximum Gasteiger partial charge on any atom is 0.222 e. The van der Waals surface area contributed by atoms with Crippen LogP contribution in [0.15, 0.2) is 0 Å². The number of ether oxygens (including phenoxy) is 3. The van der Waals surface area contributed by atoms with Gasteiger partial charge in [-0.3, -0.25) is 9.69 Å². The van der Waals surface area contributed by atoms with Crippen molar-refractivity contribution in [3.8, 4) is 0 Å². The monoisotopic (exact) mass is 438 g/mol. The minimum Gasteiger partial charge on any atom is -0.389 e. The Morgan fingerprint density at radius 2 is 1.74 bits per heavy atom. The lowest BCUT2D eigenvalue weighted by molar-refractivity contribution is -0.159. The zero-order chi connectivity index (χ0) is 21.5. The van der Waals surface area contributed by atoms with Gasteiger partial charge in [-0.2, -0.15) is 0 Å². The summed E-state index contributed by atoms with van der Waals surface area (Å²) >= 11 is 0. The summed E-state index contributed by atoms with van der Waals surface area (Å²) in [7, 11) is 0. The van der Waals surface area contributed by atoms with E-state index in [1.807, 2.05) is 0 Å². The van der Waals surface area contributed by atoms with Crippen LogP contribution in [0, 0.1) is 11.8 Å². The molecule has 3 aliphatic heterocycles. The number of rotatable bonds is 6. The second-order valence-corrected chi connectivity index (χ2v) is 10.2. The highest BCUT2D eigenvalue weighted by Crippen LogP contribution is 2.29. The fourth-order valence-corrected chi connectivity index (χ4v) is 5.84. The zero-order valence-corrected chi connectivity index (χ0v) is 19.0. The molecule has 4 aliphatic rings. The summed E-state index contributed by atoms with van der Waals surface area (Å²) in [6.45, 7) is 4.96. The van der Waals surface area contributed by atoms with Gasteiger partial charge >= 0.3 is 0 Å². The summed E-state index contributed by atoms with van der Waals surface area (Å²) < 4.78 is 17.7. The second-order valence-electron chi connectivity index (χ2n) is 10.2. The molecule has 0 unspecified atom stereocenters. The largest absolute Gasteiger partial charge is 0.389 e. The van der Waals surface area contributed by atoms with Crippen molar-refractivity contribution in [2.45, 2.75) is 88.6 Å². The number of nitrogens with zero attached hydrogens (tertiary/aromatic N) is 1. The molecule has 0 aromatic carbocycles. The molecule has 0 aromatic rings. The van der Waals surface area contributed by atoms with E-state index in [0.29, 0.717) is 38.0 Å². The molecule has 178 valence electrons. The van der Waals surface area contributed by atoms with Crippen molar-refractivity contribution in [1.82, 2.24) is 10.2 Å². The average Bonchev–Trinajstić information content (AvgIpc) is 2.78. The van der Waals surface area contributed by atoms with Crippen molar-refractivity contribution in [3.63, 3.8) is 0 Å². The first kappa shape index (κ1) is 23.4. The van der Waals surface area contributed by atoms with Crippen LogP contribution < -0.4 is 5.32 Å². The number of aliphatic hydroxyl groups is 1. The molecule has 0 aromatic heterocycles. The van der Waals surface area contributed by atoms with Crippen LogP contribution in [0.3, 0.4) is 0 Å². The van der Waals surface area contributed by atoms with Crippen LogP contribution in [-0.2, 0) is 19.0 Å². The number of hydrogen-bond donors (Lipinski definition) is 2. The molecule has 1 saturated carbocycles. The van der Waals surface area contributed by atoms with Gasteiger partial charge in [0, 0.05) is 38.9 Å². The van der Waals surface area contributed by atoms with E-state index in [9.17, 15) is 9.90 Å². The van der Waals surface area contributed by atoms with E-state index >= 15 is 0 Å². The Balaban J connectivity index is 1.27. The van der Waals surface area contributed by atoms with Crippen molar-refractivity contribution < 1.29 is 24.1 Å². The summed E-state index contributed by atoms with van der Waals surface area (Å²) in [5, 5.41) is 13.5. The lowest BCUT2D eigenvalue weighted by atomic mass is 9.89. The number of amides is 1.